The van der Waals surface area contributed by atoms with E-state index in [1.165, 1.54) is 13.3 Å². The van der Waals surface area contributed by atoms with Crippen LogP contribution in [-0.2, 0) is 4.84 Å². The fraction of sp³-hybridized carbons (Fsp3) is 0.450. The van der Waals surface area contributed by atoms with Crippen LogP contribution < -0.4 is 20.8 Å². The van der Waals surface area contributed by atoms with Crippen LogP contribution in [-0.4, -0.2) is 53.7 Å². The Kier molecular flexibility index (Phi) is 4.69. The summed E-state index contributed by atoms with van der Waals surface area (Å²) in [5.74, 6) is -1.81. The predicted octanol–water partition coefficient (Wildman–Crippen LogP) is 1.72. The first-order valence-electron chi connectivity index (χ1n) is 9.57. The van der Waals surface area contributed by atoms with Crippen LogP contribution in [0.3, 0.4) is 0 Å². The zero-order chi connectivity index (χ0) is 21.8. The lowest BCUT2D eigenvalue weighted by atomic mass is 9.88. The molecule has 3 N–H and O–H groups in total. The second-order valence-electron chi connectivity index (χ2n) is 7.99. The van der Waals surface area contributed by atoms with Crippen LogP contribution >= 0.6 is 0 Å². The number of oxime groups is 1. The van der Waals surface area contributed by atoms with Crippen molar-refractivity contribution in [2.45, 2.75) is 31.8 Å². The standard InChI is InChI=1S/C20H23FN4O5/c1-10-9-30-18-15-11(17(26)12(19(27)28)7-25(10)15)6-13(21)16(18)24-5-4-20(2,22)14(8-24)23-29-3/h6-7,10H,4-5,8-9,22H2,1-3H3,(H,27,28)/b23-14+/t10-,20?/m0/s1. The summed E-state index contributed by atoms with van der Waals surface area (Å²) in [6.45, 7) is 4.56. The smallest absolute Gasteiger partial charge is 0.341 e. The van der Waals surface area contributed by atoms with E-state index in [0.717, 1.165) is 6.07 Å². The monoisotopic (exact) mass is 418 g/mol. The molecule has 4 rings (SSSR count). The molecule has 1 fully saturated rings. The third-order valence-electron chi connectivity index (χ3n) is 5.79. The summed E-state index contributed by atoms with van der Waals surface area (Å²) in [4.78, 5) is 30.9. The molecule has 0 amide bonds. The number of pyridine rings is 1. The van der Waals surface area contributed by atoms with Crippen molar-refractivity contribution in [3.8, 4) is 5.75 Å². The van der Waals surface area contributed by atoms with Gasteiger partial charge in [0.15, 0.2) is 11.6 Å². The lowest BCUT2D eigenvalue weighted by molar-refractivity contribution is 0.0694. The van der Waals surface area contributed by atoms with Gasteiger partial charge in [0, 0.05) is 12.7 Å². The average Bonchev–Trinajstić information content (AvgIpc) is 2.68. The molecule has 2 aliphatic heterocycles. The van der Waals surface area contributed by atoms with Crippen molar-refractivity contribution in [2.75, 3.05) is 31.7 Å². The summed E-state index contributed by atoms with van der Waals surface area (Å²) in [5, 5.41) is 13.4. The molecule has 9 nitrogen and oxygen atoms in total. The lowest BCUT2D eigenvalue weighted by Gasteiger charge is -2.40. The first kappa shape index (κ1) is 20.1. The summed E-state index contributed by atoms with van der Waals surface area (Å²) in [6, 6.07) is 0.862. The minimum Gasteiger partial charge on any atom is -0.487 e. The van der Waals surface area contributed by atoms with Gasteiger partial charge in [-0.2, -0.15) is 0 Å². The SMILES string of the molecule is CO/N=C1\CN(c2c(F)cc3c(=O)c(C(=O)O)cn4c3c2OC[C@@H]4C)CCC1(C)N. The number of hydrogen-bond acceptors (Lipinski definition) is 7. The lowest BCUT2D eigenvalue weighted by Crippen LogP contribution is -2.56. The van der Waals surface area contributed by atoms with Crippen LogP contribution in [0.15, 0.2) is 22.2 Å². The van der Waals surface area contributed by atoms with Crippen molar-refractivity contribution in [3.63, 3.8) is 0 Å². The normalized spacial score (nSPS) is 24.8. The Morgan fingerprint density at radius 3 is 2.90 bits per heavy atom. The molecule has 160 valence electrons. The predicted molar refractivity (Wildman–Crippen MR) is 109 cm³/mol. The maximum absolute atomic E-state index is 15.3. The number of carbonyl (C=O) groups is 1. The molecule has 0 aliphatic carbocycles. The minimum atomic E-state index is -1.35. The molecular weight excluding hydrogens is 395 g/mol. The third-order valence-corrected chi connectivity index (χ3v) is 5.79. The molecule has 1 aromatic heterocycles. The van der Waals surface area contributed by atoms with Crippen molar-refractivity contribution in [1.29, 1.82) is 0 Å². The Morgan fingerprint density at radius 2 is 2.23 bits per heavy atom. The second-order valence-corrected chi connectivity index (χ2v) is 7.99. The number of halogens is 1. The molecule has 10 heteroatoms. The van der Waals surface area contributed by atoms with Crippen molar-refractivity contribution in [1.82, 2.24) is 4.57 Å². The summed E-state index contributed by atoms with van der Waals surface area (Å²) < 4.78 is 22.9. The number of carboxylic acids is 1. The molecule has 30 heavy (non-hydrogen) atoms. The molecule has 1 unspecified atom stereocenters. The van der Waals surface area contributed by atoms with Crippen LogP contribution in [0, 0.1) is 5.82 Å². The molecule has 0 spiro atoms. The molecular formula is C20H23FN4O5. The van der Waals surface area contributed by atoms with E-state index in [2.05, 4.69) is 5.16 Å². The summed E-state index contributed by atoms with van der Waals surface area (Å²) in [6.07, 6.45) is 1.81. The van der Waals surface area contributed by atoms with Gasteiger partial charge in [-0.1, -0.05) is 5.16 Å². The van der Waals surface area contributed by atoms with Gasteiger partial charge in [-0.05, 0) is 26.3 Å². The molecule has 3 heterocycles. The van der Waals surface area contributed by atoms with Gasteiger partial charge in [0.25, 0.3) is 0 Å². The molecule has 0 bridgehead atoms. The topological polar surface area (TPSA) is 119 Å². The van der Waals surface area contributed by atoms with Crippen molar-refractivity contribution < 1.29 is 23.9 Å². The van der Waals surface area contributed by atoms with Crippen molar-refractivity contribution in [3.05, 3.63) is 33.9 Å². The largest absolute Gasteiger partial charge is 0.487 e. The van der Waals surface area contributed by atoms with E-state index < -0.39 is 28.3 Å². The van der Waals surface area contributed by atoms with E-state index >= 15 is 4.39 Å². The van der Waals surface area contributed by atoms with Crippen molar-refractivity contribution >= 4 is 28.3 Å². The third kappa shape index (κ3) is 2.98. The minimum absolute atomic E-state index is 0.0239. The quantitative estimate of drug-likeness (QED) is 0.729. The van der Waals surface area contributed by atoms with Crippen molar-refractivity contribution in [2.24, 2.45) is 10.9 Å². The highest BCUT2D eigenvalue weighted by Crippen LogP contribution is 2.42. The molecule has 0 saturated carbocycles. The molecule has 2 aliphatic rings. The number of anilines is 1. The average molecular weight is 418 g/mol. The van der Waals surface area contributed by atoms with Gasteiger partial charge in [-0.25, -0.2) is 9.18 Å². The zero-order valence-electron chi connectivity index (χ0n) is 16.9. The van der Waals surface area contributed by atoms with Gasteiger partial charge in [-0.15, -0.1) is 0 Å². The Hall–Kier alpha value is -3.14. The van der Waals surface area contributed by atoms with Gasteiger partial charge < -0.3 is 29.9 Å². The van der Waals surface area contributed by atoms with Gasteiger partial charge in [0.2, 0.25) is 5.43 Å². The molecule has 1 aromatic carbocycles. The molecule has 1 saturated heterocycles. The van der Waals surface area contributed by atoms with Gasteiger partial charge >= 0.3 is 5.97 Å². The number of rotatable bonds is 3. The van der Waals surface area contributed by atoms with Crippen LogP contribution in [0.4, 0.5) is 10.1 Å². The highest BCUT2D eigenvalue weighted by atomic mass is 19.1. The highest BCUT2D eigenvalue weighted by Gasteiger charge is 2.37. The Bertz CT molecular complexity index is 1140. The van der Waals surface area contributed by atoms with Crippen LogP contribution in [0.5, 0.6) is 5.75 Å². The van der Waals surface area contributed by atoms with Gasteiger partial charge in [0.05, 0.1) is 34.7 Å². The number of nitrogens with zero attached hydrogens (tertiary/aromatic N) is 3. The summed E-state index contributed by atoms with van der Waals surface area (Å²) >= 11 is 0. The number of ether oxygens (including phenoxy) is 1. The number of piperidine rings is 1. The van der Waals surface area contributed by atoms with Crippen LogP contribution in [0.25, 0.3) is 10.9 Å². The Labute approximate surface area is 171 Å². The fourth-order valence-corrected chi connectivity index (χ4v) is 4.04. The summed E-state index contributed by atoms with van der Waals surface area (Å²) in [7, 11) is 1.42. The fourth-order valence-electron chi connectivity index (χ4n) is 4.04. The number of aromatic nitrogens is 1. The number of carboxylic acid groups (broad SMARTS) is 1. The molecule has 2 atom stereocenters. The number of benzene rings is 1. The van der Waals surface area contributed by atoms with E-state index in [0.29, 0.717) is 24.2 Å². The number of nitrogens with two attached hydrogens (primary N) is 1. The van der Waals surface area contributed by atoms with Crippen LogP contribution in [0.2, 0.25) is 0 Å². The molecule has 2 aromatic rings. The number of hydrogen-bond donors (Lipinski definition) is 2. The van der Waals surface area contributed by atoms with E-state index in [1.54, 1.807) is 9.47 Å². The first-order chi connectivity index (χ1) is 14.2. The highest BCUT2D eigenvalue weighted by molar-refractivity contribution is 6.00. The Balaban J connectivity index is 1.95. The van der Waals surface area contributed by atoms with E-state index in [9.17, 15) is 14.7 Å². The first-order valence-corrected chi connectivity index (χ1v) is 9.57. The summed E-state index contributed by atoms with van der Waals surface area (Å²) in [5.41, 5.74) is 5.61. The van der Waals surface area contributed by atoms with E-state index in [4.69, 9.17) is 15.3 Å². The van der Waals surface area contributed by atoms with E-state index in [-0.39, 0.29) is 36.0 Å². The zero-order valence-corrected chi connectivity index (χ0v) is 16.9. The Morgan fingerprint density at radius 1 is 1.50 bits per heavy atom. The second kappa shape index (κ2) is 6.98. The van der Waals surface area contributed by atoms with E-state index in [1.807, 2.05) is 13.8 Å². The molecule has 0 radical (unpaired) electrons. The van der Waals surface area contributed by atoms with Crippen LogP contribution in [0.1, 0.15) is 36.7 Å². The number of aromatic carboxylic acids is 1. The van der Waals surface area contributed by atoms with Gasteiger partial charge in [0.1, 0.15) is 25.0 Å². The maximum atomic E-state index is 15.3. The van der Waals surface area contributed by atoms with Gasteiger partial charge in [-0.3, -0.25) is 4.79 Å². The maximum Gasteiger partial charge on any atom is 0.341 e.